The van der Waals surface area contributed by atoms with Gasteiger partial charge in [0.25, 0.3) is 0 Å². The van der Waals surface area contributed by atoms with E-state index in [0.717, 1.165) is 25.5 Å². The summed E-state index contributed by atoms with van der Waals surface area (Å²) in [4.78, 5) is 10.4. The van der Waals surface area contributed by atoms with Gasteiger partial charge < -0.3 is 14.2 Å². The van der Waals surface area contributed by atoms with Crippen LogP contribution in [-0.2, 0) is 19.0 Å². The molecule has 18 heavy (non-hydrogen) atoms. The summed E-state index contributed by atoms with van der Waals surface area (Å²) in [6, 6.07) is 0. The van der Waals surface area contributed by atoms with Gasteiger partial charge in [-0.1, -0.05) is 13.3 Å². The van der Waals surface area contributed by atoms with Crippen LogP contribution in [0.15, 0.2) is 23.7 Å². The number of rotatable bonds is 10. The molecule has 104 valence electrons. The smallest absolute Gasteiger partial charge is 0.157 e. The fourth-order valence-electron chi connectivity index (χ4n) is 1.20. The predicted octanol–water partition coefficient (Wildman–Crippen LogP) is 3.19. The Morgan fingerprint density at radius 1 is 1.39 bits per heavy atom. The van der Waals surface area contributed by atoms with E-state index in [0.29, 0.717) is 17.9 Å². The standard InChI is InChI=1S/C14H24O4/c1-5-7-8-14(16-4)18-11-13(6-2)17-10-12(3)9-15/h6,9-10,14H,5,7-8,11H2,1-4H3/b12-10-,13-6-. The molecular formula is C14H24O4. The Morgan fingerprint density at radius 2 is 2.11 bits per heavy atom. The molecular weight excluding hydrogens is 232 g/mol. The Morgan fingerprint density at radius 3 is 2.61 bits per heavy atom. The van der Waals surface area contributed by atoms with Crippen molar-refractivity contribution in [3.05, 3.63) is 23.7 Å². The van der Waals surface area contributed by atoms with Crippen LogP contribution in [0.4, 0.5) is 0 Å². The third-order valence-corrected chi connectivity index (χ3v) is 2.37. The summed E-state index contributed by atoms with van der Waals surface area (Å²) in [5, 5.41) is 0. The quantitative estimate of drug-likeness (QED) is 0.260. The normalized spacial score (nSPS) is 14.4. The molecule has 0 amide bonds. The maximum Gasteiger partial charge on any atom is 0.157 e. The van der Waals surface area contributed by atoms with Crippen LogP contribution in [0.3, 0.4) is 0 Å². The van der Waals surface area contributed by atoms with Crippen molar-refractivity contribution in [2.45, 2.75) is 46.3 Å². The molecule has 0 aromatic rings. The molecule has 4 heteroatoms. The average molecular weight is 256 g/mol. The second-order valence-corrected chi connectivity index (χ2v) is 3.97. The maximum atomic E-state index is 10.4. The van der Waals surface area contributed by atoms with Gasteiger partial charge in [-0.2, -0.15) is 0 Å². The van der Waals surface area contributed by atoms with Crippen LogP contribution < -0.4 is 0 Å². The molecule has 0 saturated carbocycles. The molecule has 1 atom stereocenters. The number of ether oxygens (including phenoxy) is 3. The average Bonchev–Trinajstić information content (AvgIpc) is 2.41. The summed E-state index contributed by atoms with van der Waals surface area (Å²) in [6.07, 6.45) is 6.80. The molecule has 0 saturated heterocycles. The van der Waals surface area contributed by atoms with Crippen LogP contribution in [-0.4, -0.2) is 26.3 Å². The van der Waals surface area contributed by atoms with Gasteiger partial charge in [0, 0.05) is 12.7 Å². The molecule has 4 nitrogen and oxygen atoms in total. The van der Waals surface area contributed by atoms with Crippen LogP contribution in [0.25, 0.3) is 0 Å². The Balaban J connectivity index is 4.09. The molecule has 0 N–H and O–H groups in total. The van der Waals surface area contributed by atoms with Crippen molar-refractivity contribution in [2.24, 2.45) is 0 Å². The minimum atomic E-state index is -0.209. The molecule has 0 aliphatic heterocycles. The molecule has 0 aromatic heterocycles. The SMILES string of the molecule is C/C=C(/COC(CCCC)OC)O/C=C(/C)C=O. The lowest BCUT2D eigenvalue weighted by Gasteiger charge is -2.16. The summed E-state index contributed by atoms with van der Waals surface area (Å²) in [6.45, 7) is 6.00. The first-order chi connectivity index (χ1) is 8.67. The lowest BCUT2D eigenvalue weighted by atomic mass is 10.2. The Hall–Kier alpha value is -1.13. The largest absolute Gasteiger partial charge is 0.467 e. The van der Waals surface area contributed by atoms with E-state index in [1.807, 2.05) is 6.92 Å². The first-order valence-corrected chi connectivity index (χ1v) is 6.26. The van der Waals surface area contributed by atoms with E-state index in [1.54, 1.807) is 20.1 Å². The van der Waals surface area contributed by atoms with Gasteiger partial charge in [0.05, 0.1) is 6.26 Å². The minimum absolute atomic E-state index is 0.209. The highest BCUT2D eigenvalue weighted by atomic mass is 16.7. The fraction of sp³-hybridized carbons (Fsp3) is 0.643. The highest BCUT2D eigenvalue weighted by Gasteiger charge is 2.08. The number of carbonyl (C=O) groups is 1. The molecule has 0 radical (unpaired) electrons. The third-order valence-electron chi connectivity index (χ3n) is 2.37. The van der Waals surface area contributed by atoms with Crippen molar-refractivity contribution in [3.63, 3.8) is 0 Å². The van der Waals surface area contributed by atoms with Crippen LogP contribution in [0.2, 0.25) is 0 Å². The van der Waals surface area contributed by atoms with Gasteiger partial charge in [0.2, 0.25) is 0 Å². The Labute approximate surface area is 110 Å². The first-order valence-electron chi connectivity index (χ1n) is 6.26. The zero-order chi connectivity index (χ0) is 13.8. The monoisotopic (exact) mass is 256 g/mol. The van der Waals surface area contributed by atoms with Gasteiger partial charge in [-0.15, -0.1) is 0 Å². The second-order valence-electron chi connectivity index (χ2n) is 3.97. The fourth-order valence-corrected chi connectivity index (χ4v) is 1.20. The zero-order valence-electron chi connectivity index (χ0n) is 11.8. The van der Waals surface area contributed by atoms with Crippen molar-refractivity contribution in [1.29, 1.82) is 0 Å². The second kappa shape index (κ2) is 11.0. The molecule has 0 heterocycles. The number of carbonyl (C=O) groups excluding carboxylic acids is 1. The number of aldehydes is 1. The molecule has 0 aliphatic rings. The van der Waals surface area contributed by atoms with Gasteiger partial charge >= 0.3 is 0 Å². The maximum absolute atomic E-state index is 10.4. The third kappa shape index (κ3) is 8.03. The number of allylic oxidation sites excluding steroid dienone is 2. The molecule has 0 spiro atoms. The van der Waals surface area contributed by atoms with Crippen molar-refractivity contribution in [3.8, 4) is 0 Å². The number of hydrogen-bond donors (Lipinski definition) is 0. The summed E-state index contributed by atoms with van der Waals surface area (Å²) in [5.74, 6) is 0.662. The van der Waals surface area contributed by atoms with E-state index < -0.39 is 0 Å². The Bertz CT molecular complexity index is 282. The topological polar surface area (TPSA) is 44.8 Å². The van der Waals surface area contributed by atoms with E-state index in [4.69, 9.17) is 14.2 Å². The minimum Gasteiger partial charge on any atom is -0.467 e. The van der Waals surface area contributed by atoms with Crippen molar-refractivity contribution >= 4 is 6.29 Å². The van der Waals surface area contributed by atoms with Crippen LogP contribution in [0.1, 0.15) is 40.0 Å². The molecule has 0 aliphatic carbocycles. The number of unbranched alkanes of at least 4 members (excludes halogenated alkanes) is 1. The highest BCUT2D eigenvalue weighted by molar-refractivity contribution is 5.71. The van der Waals surface area contributed by atoms with E-state index in [-0.39, 0.29) is 6.29 Å². The first kappa shape index (κ1) is 16.9. The lowest BCUT2D eigenvalue weighted by molar-refractivity contribution is -0.126. The van der Waals surface area contributed by atoms with Crippen LogP contribution in [0, 0.1) is 0 Å². The van der Waals surface area contributed by atoms with E-state index in [2.05, 4.69) is 6.92 Å². The summed E-state index contributed by atoms with van der Waals surface area (Å²) in [5.41, 5.74) is 0.531. The van der Waals surface area contributed by atoms with Crippen molar-refractivity contribution < 1.29 is 19.0 Å². The van der Waals surface area contributed by atoms with E-state index in [1.165, 1.54) is 6.26 Å². The summed E-state index contributed by atoms with van der Waals surface area (Å²) in [7, 11) is 1.63. The van der Waals surface area contributed by atoms with Gasteiger partial charge in [0.1, 0.15) is 18.7 Å². The summed E-state index contributed by atoms with van der Waals surface area (Å²) >= 11 is 0. The van der Waals surface area contributed by atoms with Gasteiger partial charge in [-0.25, -0.2) is 0 Å². The lowest BCUT2D eigenvalue weighted by Crippen LogP contribution is -2.17. The van der Waals surface area contributed by atoms with Gasteiger partial charge in [-0.3, -0.25) is 4.79 Å². The predicted molar refractivity (Wildman–Crippen MR) is 70.9 cm³/mol. The van der Waals surface area contributed by atoms with Gasteiger partial charge in [0.15, 0.2) is 6.29 Å². The van der Waals surface area contributed by atoms with Crippen molar-refractivity contribution in [2.75, 3.05) is 13.7 Å². The highest BCUT2D eigenvalue weighted by Crippen LogP contribution is 2.09. The van der Waals surface area contributed by atoms with E-state index in [9.17, 15) is 4.79 Å². The zero-order valence-corrected chi connectivity index (χ0v) is 11.8. The van der Waals surface area contributed by atoms with Crippen LogP contribution >= 0.6 is 0 Å². The summed E-state index contributed by atoms with van der Waals surface area (Å²) < 4.78 is 16.1. The Kier molecular flexibility index (Phi) is 10.3. The molecule has 0 aromatic carbocycles. The molecule has 0 rings (SSSR count). The van der Waals surface area contributed by atoms with E-state index >= 15 is 0 Å². The van der Waals surface area contributed by atoms with Gasteiger partial charge in [-0.05, 0) is 32.8 Å². The number of methoxy groups -OCH3 is 1. The molecule has 0 fully saturated rings. The van der Waals surface area contributed by atoms with Crippen LogP contribution in [0.5, 0.6) is 0 Å². The number of hydrogen-bond acceptors (Lipinski definition) is 4. The van der Waals surface area contributed by atoms with Crippen molar-refractivity contribution in [1.82, 2.24) is 0 Å². The molecule has 1 unspecified atom stereocenters. The molecule has 0 bridgehead atoms.